The predicted molar refractivity (Wildman–Crippen MR) is 102 cm³/mol. The molecule has 2 rings (SSSR count). The number of aliphatic carboxylic acids is 1. The van der Waals surface area contributed by atoms with Crippen LogP contribution in [0.4, 0.5) is 0 Å². The second-order valence-corrected chi connectivity index (χ2v) is 10.5. The van der Waals surface area contributed by atoms with E-state index in [1.807, 2.05) is 0 Å². The van der Waals surface area contributed by atoms with Gasteiger partial charge in [0.05, 0.1) is 6.61 Å². The summed E-state index contributed by atoms with van der Waals surface area (Å²) in [6.45, 7) is -1.29. The van der Waals surface area contributed by atoms with Crippen molar-refractivity contribution >= 4 is 37.1 Å². The van der Waals surface area contributed by atoms with Gasteiger partial charge < -0.3 is 39.7 Å². The van der Waals surface area contributed by atoms with Crippen molar-refractivity contribution in [1.82, 2.24) is 4.72 Å². The second kappa shape index (κ2) is 11.3. The highest BCUT2D eigenvalue weighted by Gasteiger charge is 2.54. The van der Waals surface area contributed by atoms with Gasteiger partial charge in [0.25, 0.3) is 0 Å². The summed E-state index contributed by atoms with van der Waals surface area (Å²) >= 11 is 0. The number of hydrogen-bond acceptors (Lipinski definition) is 16. The first kappa shape index (κ1) is 31.0. The summed E-state index contributed by atoms with van der Waals surface area (Å²) in [5.74, 6) is -1.94. The number of carbonyl (C=O) groups is 1. The van der Waals surface area contributed by atoms with E-state index in [2.05, 4.69) is 8.37 Å². The Labute approximate surface area is 201 Å². The summed E-state index contributed by atoms with van der Waals surface area (Å²) in [6.07, 6.45) is -21.1. The third kappa shape index (κ3) is 8.41. The molecule has 0 aromatic heterocycles. The van der Waals surface area contributed by atoms with Crippen LogP contribution in [0.1, 0.15) is 0 Å². The lowest BCUT2D eigenvalue weighted by atomic mass is 9.96. The molecule has 0 aromatic carbocycles. The monoisotopic (exact) mass is 595 g/mol. The summed E-state index contributed by atoms with van der Waals surface area (Å²) in [7, 11) is -15.8. The fraction of sp³-hybridized carbons (Fsp3) is 0.917. The van der Waals surface area contributed by atoms with E-state index in [4.69, 9.17) is 33.0 Å². The lowest BCUT2D eigenvalue weighted by molar-refractivity contribution is -0.336. The van der Waals surface area contributed by atoms with Crippen LogP contribution in [0.2, 0.25) is 0 Å². The van der Waals surface area contributed by atoms with E-state index in [0.29, 0.717) is 0 Å². The van der Waals surface area contributed by atoms with E-state index >= 15 is 0 Å². The van der Waals surface area contributed by atoms with Gasteiger partial charge in [0, 0.05) is 0 Å². The summed E-state index contributed by atoms with van der Waals surface area (Å²) in [6, 6.07) is -2.19. The van der Waals surface area contributed by atoms with Gasteiger partial charge in [-0.25, -0.2) is 13.2 Å². The number of rotatable bonds is 10. The van der Waals surface area contributed by atoms with Crippen molar-refractivity contribution in [3.8, 4) is 0 Å². The lowest BCUT2D eigenvalue weighted by Gasteiger charge is -2.46. The molecule has 2 aliphatic rings. The van der Waals surface area contributed by atoms with Crippen molar-refractivity contribution in [3.05, 3.63) is 0 Å². The number of carboxylic acids is 1. The average molecular weight is 595 g/mol. The molecule has 2 fully saturated rings. The molecular formula is C12H21NO20S3. The van der Waals surface area contributed by atoms with Gasteiger partial charge in [0.15, 0.2) is 24.8 Å². The fourth-order valence-corrected chi connectivity index (χ4v) is 4.63. The third-order valence-corrected chi connectivity index (χ3v) is 6.14. The molecule has 21 nitrogen and oxygen atoms in total. The van der Waals surface area contributed by atoms with Crippen LogP contribution in [0.5, 0.6) is 0 Å². The molecule has 2 saturated heterocycles. The van der Waals surface area contributed by atoms with Crippen LogP contribution in [0.25, 0.3) is 0 Å². The normalized spacial score (nSPS) is 38.5. The van der Waals surface area contributed by atoms with Crippen LogP contribution in [0.15, 0.2) is 0 Å². The Morgan fingerprint density at radius 1 is 0.833 bits per heavy atom. The highest BCUT2D eigenvalue weighted by Crippen LogP contribution is 2.31. The maximum Gasteiger partial charge on any atom is 0.397 e. The van der Waals surface area contributed by atoms with E-state index in [1.165, 1.54) is 4.72 Å². The molecule has 2 heterocycles. The van der Waals surface area contributed by atoms with E-state index in [1.54, 1.807) is 0 Å². The van der Waals surface area contributed by atoms with Crippen LogP contribution < -0.4 is 4.72 Å². The molecule has 0 unspecified atom stereocenters. The predicted octanol–water partition coefficient (Wildman–Crippen LogP) is -6.25. The number of aliphatic hydroxyl groups is 4. The van der Waals surface area contributed by atoms with Crippen molar-refractivity contribution in [2.24, 2.45) is 0 Å². The van der Waals surface area contributed by atoms with E-state index in [-0.39, 0.29) is 0 Å². The smallest absolute Gasteiger partial charge is 0.397 e. The molecule has 0 spiro atoms. The highest BCUT2D eigenvalue weighted by molar-refractivity contribution is 7.83. The third-order valence-electron chi connectivity index (χ3n) is 4.67. The first-order valence-electron chi connectivity index (χ1n) is 9.14. The van der Waals surface area contributed by atoms with Crippen molar-refractivity contribution in [3.63, 3.8) is 0 Å². The Morgan fingerprint density at radius 3 is 1.89 bits per heavy atom. The number of nitrogens with one attached hydrogen (secondary N) is 1. The summed E-state index contributed by atoms with van der Waals surface area (Å²) in [5, 5.41) is 49.7. The SMILES string of the molecule is O=C(O)[C@@H]1O[C@H](O[C@H]2[C@@H](O)[C@@H](NS(=O)(=O)O)[C@@H](O)O[C@H]2COS(=O)(=O)O)[C@@H](OS(=O)(=O)O)[C@H](O)[C@H]1O. The largest absolute Gasteiger partial charge is 0.479 e. The van der Waals surface area contributed by atoms with Crippen molar-refractivity contribution in [1.29, 1.82) is 0 Å². The van der Waals surface area contributed by atoms with Gasteiger partial charge in [-0.3, -0.25) is 13.7 Å². The van der Waals surface area contributed by atoms with Gasteiger partial charge >= 0.3 is 37.1 Å². The summed E-state index contributed by atoms with van der Waals surface area (Å²) in [4.78, 5) is 11.3. The molecule has 36 heavy (non-hydrogen) atoms. The standard InChI is InChI=1S/C12H21NO20S3/c14-4-3(13-34(20,21)22)11(19)30-2(1-29-35(23,24)25)7(4)31-12-9(33-36(26,27)28)6(16)5(15)8(32-12)10(17)18/h2-9,11-16,19H,1H2,(H,17,18)(H,20,21,22)(H,23,24,25)(H,26,27,28)/t2-,3+,4-,5+,6+,7+,8+,9-,11-,12-/m0/s1. The highest BCUT2D eigenvalue weighted by atomic mass is 32.3. The van der Waals surface area contributed by atoms with Gasteiger partial charge in [-0.1, -0.05) is 0 Å². The minimum Gasteiger partial charge on any atom is -0.479 e. The molecule has 0 amide bonds. The molecule has 0 saturated carbocycles. The van der Waals surface area contributed by atoms with Crippen LogP contribution in [0.3, 0.4) is 0 Å². The van der Waals surface area contributed by atoms with Gasteiger partial charge in [-0.15, -0.1) is 0 Å². The zero-order chi connectivity index (χ0) is 27.8. The van der Waals surface area contributed by atoms with Gasteiger partial charge in [-0.05, 0) is 0 Å². The minimum absolute atomic E-state index is 1.29. The zero-order valence-electron chi connectivity index (χ0n) is 17.2. The van der Waals surface area contributed by atoms with Crippen molar-refractivity contribution in [2.75, 3.05) is 6.61 Å². The molecule has 9 N–H and O–H groups in total. The van der Waals surface area contributed by atoms with Gasteiger partial charge in [-0.2, -0.15) is 30.0 Å². The Kier molecular flexibility index (Phi) is 9.71. The topological polar surface area (TPSA) is 340 Å². The van der Waals surface area contributed by atoms with Crippen molar-refractivity contribution in [2.45, 2.75) is 61.3 Å². The number of hydrogen-bond donors (Lipinski definition) is 9. The Hall–Kier alpha value is -1.20. The molecule has 0 radical (unpaired) electrons. The van der Waals surface area contributed by atoms with Crippen LogP contribution >= 0.6 is 0 Å². The Morgan fingerprint density at radius 2 is 1.42 bits per heavy atom. The Bertz CT molecular complexity index is 1100. The zero-order valence-corrected chi connectivity index (χ0v) is 19.6. The first-order chi connectivity index (χ1) is 16.2. The van der Waals surface area contributed by atoms with Crippen LogP contribution in [-0.4, -0.2) is 138 Å². The molecule has 10 atom stereocenters. The molecule has 2 aliphatic heterocycles. The molecule has 212 valence electrons. The number of aliphatic hydroxyl groups excluding tert-OH is 4. The first-order valence-corrected chi connectivity index (χ1v) is 13.3. The van der Waals surface area contributed by atoms with E-state index in [9.17, 15) is 50.5 Å². The lowest BCUT2D eigenvalue weighted by Crippen LogP contribution is -2.67. The maximum atomic E-state index is 11.3. The van der Waals surface area contributed by atoms with Gasteiger partial charge in [0.2, 0.25) is 0 Å². The summed E-state index contributed by atoms with van der Waals surface area (Å²) in [5.41, 5.74) is 0. The molecule has 0 aromatic rings. The second-order valence-electron chi connectivity index (χ2n) is 7.22. The molecule has 24 heteroatoms. The minimum atomic E-state index is -5.47. The molecule has 0 aliphatic carbocycles. The maximum absolute atomic E-state index is 11.3. The Balaban J connectivity index is 2.46. The summed E-state index contributed by atoms with van der Waals surface area (Å²) < 4.78 is 118. The number of carboxylic acid groups (broad SMARTS) is 1. The molecular weight excluding hydrogens is 574 g/mol. The van der Waals surface area contributed by atoms with Gasteiger partial charge in [0.1, 0.15) is 36.6 Å². The van der Waals surface area contributed by atoms with Crippen LogP contribution in [0, 0.1) is 0 Å². The number of ether oxygens (including phenoxy) is 3. The fourth-order valence-electron chi connectivity index (χ4n) is 3.24. The van der Waals surface area contributed by atoms with Crippen molar-refractivity contribution < 1.29 is 91.8 Å². The van der Waals surface area contributed by atoms with E-state index in [0.717, 1.165) is 0 Å². The average Bonchev–Trinajstić information content (AvgIpc) is 2.68. The quantitative estimate of drug-likeness (QED) is 0.106. The van der Waals surface area contributed by atoms with E-state index < -0.39 is 105 Å². The molecule has 0 bridgehead atoms. The van der Waals surface area contributed by atoms with Crippen LogP contribution in [-0.2, 0) is 58.5 Å².